The number of nitrogens with zero attached hydrogens (tertiary/aromatic N) is 4. The molecule has 6 heteroatoms. The maximum Gasteiger partial charge on any atom is 0.135 e. The number of ether oxygens (including phenoxy) is 1. The van der Waals surface area contributed by atoms with Crippen molar-refractivity contribution < 1.29 is 4.74 Å². The van der Waals surface area contributed by atoms with Gasteiger partial charge in [-0.25, -0.2) is 15.0 Å². The number of nitrogens with one attached hydrogen (secondary N) is 1. The molecule has 2 aromatic heterocycles. The van der Waals surface area contributed by atoms with Crippen LogP contribution >= 0.6 is 0 Å². The van der Waals surface area contributed by atoms with Crippen molar-refractivity contribution in [3.05, 3.63) is 42.0 Å². The fourth-order valence-corrected chi connectivity index (χ4v) is 4.19. The molecule has 0 spiro atoms. The number of hydrogen-bond donors (Lipinski definition) is 1. The van der Waals surface area contributed by atoms with E-state index in [9.17, 15) is 0 Å². The van der Waals surface area contributed by atoms with Gasteiger partial charge in [0.15, 0.2) is 0 Å². The second-order valence-corrected chi connectivity index (χ2v) is 7.72. The van der Waals surface area contributed by atoms with Gasteiger partial charge in [0.05, 0.1) is 5.69 Å². The van der Waals surface area contributed by atoms with E-state index in [4.69, 9.17) is 9.72 Å². The molecule has 0 bridgehead atoms. The van der Waals surface area contributed by atoms with Gasteiger partial charge in [-0.15, -0.1) is 0 Å². The molecular formula is C21H29N5O. The Morgan fingerprint density at radius 1 is 1.15 bits per heavy atom. The van der Waals surface area contributed by atoms with Crippen molar-refractivity contribution in [1.82, 2.24) is 19.9 Å². The van der Waals surface area contributed by atoms with Gasteiger partial charge in [0.2, 0.25) is 0 Å². The fraction of sp³-hybridized carbons (Fsp3) is 0.571. The van der Waals surface area contributed by atoms with Crippen molar-refractivity contribution in [2.24, 2.45) is 5.92 Å². The zero-order chi connectivity index (χ0) is 18.5. The summed E-state index contributed by atoms with van der Waals surface area (Å²) in [5.41, 5.74) is 1.15. The van der Waals surface area contributed by atoms with Gasteiger partial charge in [-0.05, 0) is 57.2 Å². The fourth-order valence-electron chi connectivity index (χ4n) is 4.19. The molecule has 4 heterocycles. The monoisotopic (exact) mass is 367 g/mol. The highest BCUT2D eigenvalue weighted by atomic mass is 16.5. The van der Waals surface area contributed by atoms with Gasteiger partial charge in [-0.2, -0.15) is 0 Å². The Hall–Kier alpha value is -2.05. The second kappa shape index (κ2) is 8.76. The van der Waals surface area contributed by atoms with Gasteiger partial charge in [0, 0.05) is 44.5 Å². The average Bonchev–Trinajstić information content (AvgIpc) is 2.69. The van der Waals surface area contributed by atoms with Crippen molar-refractivity contribution in [1.29, 1.82) is 0 Å². The molecule has 2 fully saturated rings. The van der Waals surface area contributed by atoms with Crippen LogP contribution in [-0.2, 0) is 4.74 Å². The number of anilines is 2. The molecule has 27 heavy (non-hydrogen) atoms. The van der Waals surface area contributed by atoms with Crippen LogP contribution in [0.5, 0.6) is 0 Å². The molecule has 1 atom stereocenters. The lowest BCUT2D eigenvalue weighted by atomic mass is 9.92. The first-order chi connectivity index (χ1) is 13.3. The minimum atomic E-state index is 0.476. The molecule has 0 radical (unpaired) electrons. The highest BCUT2D eigenvalue weighted by molar-refractivity contribution is 5.51. The molecule has 1 unspecified atom stereocenters. The summed E-state index contributed by atoms with van der Waals surface area (Å²) in [6, 6.07) is 7.94. The third-order valence-corrected chi connectivity index (χ3v) is 5.56. The highest BCUT2D eigenvalue weighted by Crippen LogP contribution is 2.29. The number of pyridine rings is 1. The highest BCUT2D eigenvalue weighted by Gasteiger charge is 2.25. The molecular weight excluding hydrogens is 338 g/mol. The van der Waals surface area contributed by atoms with Gasteiger partial charge in [-0.1, -0.05) is 6.07 Å². The molecule has 1 N–H and O–H groups in total. The van der Waals surface area contributed by atoms with Crippen molar-refractivity contribution in [2.75, 3.05) is 38.2 Å². The number of aromatic nitrogens is 3. The maximum atomic E-state index is 5.51. The zero-order valence-electron chi connectivity index (χ0n) is 16.1. The van der Waals surface area contributed by atoms with Crippen LogP contribution in [0.15, 0.2) is 30.5 Å². The van der Waals surface area contributed by atoms with E-state index in [-0.39, 0.29) is 0 Å². The van der Waals surface area contributed by atoms with Crippen LogP contribution in [0.3, 0.4) is 0 Å². The molecule has 2 aromatic rings. The Morgan fingerprint density at radius 3 is 2.85 bits per heavy atom. The van der Waals surface area contributed by atoms with Gasteiger partial charge in [0.25, 0.3) is 0 Å². The lowest BCUT2D eigenvalue weighted by Gasteiger charge is -2.36. The van der Waals surface area contributed by atoms with Gasteiger partial charge in [-0.3, -0.25) is 0 Å². The van der Waals surface area contributed by atoms with Crippen LogP contribution in [0, 0.1) is 12.8 Å². The average molecular weight is 367 g/mol. The number of hydrogen-bond acceptors (Lipinski definition) is 6. The Balaban J connectivity index is 1.43. The van der Waals surface area contributed by atoms with E-state index in [1.54, 1.807) is 6.20 Å². The van der Waals surface area contributed by atoms with Gasteiger partial charge >= 0.3 is 0 Å². The molecule has 0 amide bonds. The summed E-state index contributed by atoms with van der Waals surface area (Å²) in [4.78, 5) is 16.3. The molecule has 2 aliphatic heterocycles. The molecule has 2 saturated heterocycles. The van der Waals surface area contributed by atoms with Crippen molar-refractivity contribution >= 4 is 11.6 Å². The van der Waals surface area contributed by atoms with Gasteiger partial charge in [0.1, 0.15) is 17.5 Å². The van der Waals surface area contributed by atoms with E-state index in [2.05, 4.69) is 26.3 Å². The molecule has 144 valence electrons. The summed E-state index contributed by atoms with van der Waals surface area (Å²) >= 11 is 0. The Bertz CT molecular complexity index is 733. The molecule has 0 aromatic carbocycles. The summed E-state index contributed by atoms with van der Waals surface area (Å²) in [6.45, 7) is 7.32. The Labute approximate surface area is 161 Å². The molecule has 0 saturated carbocycles. The number of rotatable bonds is 5. The summed E-state index contributed by atoms with van der Waals surface area (Å²) in [7, 11) is 0. The summed E-state index contributed by atoms with van der Waals surface area (Å²) in [5.74, 6) is 3.71. The van der Waals surface area contributed by atoms with E-state index in [1.807, 2.05) is 25.1 Å². The predicted molar refractivity (Wildman–Crippen MR) is 106 cm³/mol. The van der Waals surface area contributed by atoms with Crippen molar-refractivity contribution in [3.8, 4) is 0 Å². The van der Waals surface area contributed by atoms with Crippen LogP contribution in [0.2, 0.25) is 0 Å². The number of aryl methyl sites for hydroxylation is 1. The molecule has 0 aliphatic carbocycles. The third kappa shape index (κ3) is 5.02. The van der Waals surface area contributed by atoms with Gasteiger partial charge < -0.3 is 15.0 Å². The number of piperidine rings is 1. The number of likely N-dealkylation sites (tertiary alicyclic amines) is 1. The third-order valence-electron chi connectivity index (χ3n) is 5.56. The zero-order valence-corrected chi connectivity index (χ0v) is 16.1. The standard InChI is InChI=1S/C21H29N5O/c1-16-23-19(13-21(24-16)25-20-6-2-3-9-22-20)18-5-4-10-26(15-18)14-17-7-11-27-12-8-17/h2-3,6,9,13,17-18H,4-5,7-8,10-12,14-15H2,1H3,(H,22,23,24,25). The van der Waals surface area contributed by atoms with Crippen molar-refractivity contribution in [2.45, 2.75) is 38.5 Å². The predicted octanol–water partition coefficient (Wildman–Crippen LogP) is 3.53. The van der Waals surface area contributed by atoms with Crippen LogP contribution in [0.25, 0.3) is 0 Å². The lowest BCUT2D eigenvalue weighted by Crippen LogP contribution is -2.39. The van der Waals surface area contributed by atoms with E-state index >= 15 is 0 Å². The lowest BCUT2D eigenvalue weighted by molar-refractivity contribution is 0.0481. The quantitative estimate of drug-likeness (QED) is 0.872. The molecule has 6 nitrogen and oxygen atoms in total. The van der Waals surface area contributed by atoms with E-state index in [0.29, 0.717) is 5.92 Å². The Kier molecular flexibility index (Phi) is 5.94. The van der Waals surface area contributed by atoms with Crippen LogP contribution in [0.4, 0.5) is 11.6 Å². The van der Waals surface area contributed by atoms with Crippen LogP contribution in [0.1, 0.15) is 43.1 Å². The smallest absolute Gasteiger partial charge is 0.135 e. The normalized spacial score (nSPS) is 21.9. The maximum absolute atomic E-state index is 5.51. The summed E-state index contributed by atoms with van der Waals surface area (Å²) in [5, 5.41) is 3.31. The van der Waals surface area contributed by atoms with E-state index < -0.39 is 0 Å². The SMILES string of the molecule is Cc1nc(Nc2ccccn2)cc(C2CCCN(CC3CCOCC3)C2)n1. The van der Waals surface area contributed by atoms with E-state index in [0.717, 1.165) is 48.8 Å². The summed E-state index contributed by atoms with van der Waals surface area (Å²) in [6.07, 6.45) is 6.62. The van der Waals surface area contributed by atoms with E-state index in [1.165, 1.54) is 38.8 Å². The molecule has 2 aliphatic rings. The van der Waals surface area contributed by atoms with Crippen LogP contribution < -0.4 is 5.32 Å². The topological polar surface area (TPSA) is 63.2 Å². The van der Waals surface area contributed by atoms with Crippen LogP contribution in [-0.4, -0.2) is 52.7 Å². The minimum Gasteiger partial charge on any atom is -0.381 e. The van der Waals surface area contributed by atoms with Crippen molar-refractivity contribution in [3.63, 3.8) is 0 Å². The minimum absolute atomic E-state index is 0.476. The Morgan fingerprint density at radius 2 is 2.04 bits per heavy atom. The largest absolute Gasteiger partial charge is 0.381 e. The first-order valence-electron chi connectivity index (χ1n) is 10.1. The summed E-state index contributed by atoms with van der Waals surface area (Å²) < 4.78 is 5.51. The molecule has 4 rings (SSSR count). The first kappa shape index (κ1) is 18.3. The first-order valence-corrected chi connectivity index (χ1v) is 10.1. The second-order valence-electron chi connectivity index (χ2n) is 7.72.